The number of aromatic nitrogens is 2. The van der Waals surface area contributed by atoms with Crippen LogP contribution in [-0.4, -0.2) is 28.3 Å². The second-order valence-electron chi connectivity index (χ2n) is 10.7. The molecule has 3 heterocycles. The lowest BCUT2D eigenvalue weighted by Crippen LogP contribution is -2.40. The number of hydrogen-bond donors (Lipinski definition) is 0. The number of hydrogen-bond acceptors (Lipinski definition) is 6. The summed E-state index contributed by atoms with van der Waals surface area (Å²) in [5, 5.41) is 0. The van der Waals surface area contributed by atoms with E-state index in [0.717, 1.165) is 28.2 Å². The van der Waals surface area contributed by atoms with Gasteiger partial charge in [-0.15, -0.1) is 0 Å². The van der Waals surface area contributed by atoms with Gasteiger partial charge in [-0.3, -0.25) is 9.36 Å². The van der Waals surface area contributed by atoms with Crippen molar-refractivity contribution in [2.24, 2.45) is 4.99 Å². The Balaban J connectivity index is 1.68. The third-order valence-electron chi connectivity index (χ3n) is 7.52. The lowest BCUT2D eigenvalue weighted by Gasteiger charge is -2.25. The largest absolute Gasteiger partial charge is 0.497 e. The van der Waals surface area contributed by atoms with Gasteiger partial charge in [0, 0.05) is 17.1 Å². The maximum Gasteiger partial charge on any atom is 0.338 e. The van der Waals surface area contributed by atoms with E-state index in [1.54, 1.807) is 32.4 Å². The van der Waals surface area contributed by atoms with Gasteiger partial charge in [0.25, 0.3) is 5.56 Å². The molecule has 41 heavy (non-hydrogen) atoms. The zero-order chi connectivity index (χ0) is 29.6. The van der Waals surface area contributed by atoms with E-state index in [-0.39, 0.29) is 11.7 Å². The Morgan fingerprint density at radius 1 is 1.00 bits per heavy atom. The Morgan fingerprint density at radius 3 is 2.34 bits per heavy atom. The van der Waals surface area contributed by atoms with Gasteiger partial charge in [0.15, 0.2) is 4.80 Å². The zero-order valence-electron chi connectivity index (χ0n) is 24.7. The molecule has 7 nitrogen and oxygen atoms in total. The van der Waals surface area contributed by atoms with Crippen molar-refractivity contribution in [1.82, 2.24) is 9.13 Å². The van der Waals surface area contributed by atoms with E-state index in [2.05, 4.69) is 56.5 Å². The van der Waals surface area contributed by atoms with Gasteiger partial charge in [0.05, 0.1) is 35.1 Å². The quantitative estimate of drug-likeness (QED) is 0.299. The molecule has 0 unspecified atom stereocenters. The minimum atomic E-state index is -0.673. The number of methoxy groups -OCH3 is 1. The number of ether oxygens (including phenoxy) is 2. The molecule has 0 saturated heterocycles. The molecule has 2 aromatic heterocycles. The Labute approximate surface area is 243 Å². The Hall–Kier alpha value is -4.17. The molecule has 0 saturated carbocycles. The minimum Gasteiger partial charge on any atom is -0.497 e. The van der Waals surface area contributed by atoms with Gasteiger partial charge in [-0.1, -0.05) is 29.5 Å². The molecule has 5 rings (SSSR count). The number of carbonyl (C=O) groups is 1. The summed E-state index contributed by atoms with van der Waals surface area (Å²) >= 11 is 1.33. The first kappa shape index (κ1) is 28.4. The molecule has 0 radical (unpaired) electrons. The van der Waals surface area contributed by atoms with Crippen LogP contribution in [0.1, 0.15) is 60.5 Å². The van der Waals surface area contributed by atoms with Crippen LogP contribution in [0, 0.1) is 27.7 Å². The zero-order valence-corrected chi connectivity index (χ0v) is 25.6. The highest BCUT2D eigenvalue weighted by atomic mass is 32.1. The Bertz CT molecular complexity index is 1870. The van der Waals surface area contributed by atoms with E-state index in [0.29, 0.717) is 26.4 Å². The summed E-state index contributed by atoms with van der Waals surface area (Å²) in [6, 6.07) is 15.3. The highest BCUT2D eigenvalue weighted by Crippen LogP contribution is 2.32. The van der Waals surface area contributed by atoms with Crippen molar-refractivity contribution in [3.63, 3.8) is 0 Å². The lowest BCUT2D eigenvalue weighted by atomic mass is 9.96. The highest BCUT2D eigenvalue weighted by Gasteiger charge is 2.33. The second kappa shape index (κ2) is 11.0. The van der Waals surface area contributed by atoms with Gasteiger partial charge in [0.2, 0.25) is 0 Å². The summed E-state index contributed by atoms with van der Waals surface area (Å²) in [7, 11) is 1.60. The molecule has 8 heteroatoms. The number of benzene rings is 2. The molecule has 0 aliphatic carbocycles. The van der Waals surface area contributed by atoms with Crippen molar-refractivity contribution in [3.05, 3.63) is 113 Å². The molecule has 1 aliphatic heterocycles. The number of fused-ring (bicyclic) bond motifs is 1. The number of aryl methyl sites for hydroxylation is 3. The third-order valence-corrected chi connectivity index (χ3v) is 8.50. The summed E-state index contributed by atoms with van der Waals surface area (Å²) in [5.74, 6) is 0.209. The van der Waals surface area contributed by atoms with Crippen LogP contribution in [0.2, 0.25) is 0 Å². The summed E-state index contributed by atoms with van der Waals surface area (Å²) in [4.78, 5) is 32.6. The molecule has 0 spiro atoms. The van der Waals surface area contributed by atoms with Crippen LogP contribution in [0.15, 0.2) is 69.6 Å². The van der Waals surface area contributed by atoms with E-state index >= 15 is 0 Å². The molecule has 1 aliphatic rings. The van der Waals surface area contributed by atoms with Crippen molar-refractivity contribution in [3.8, 4) is 11.4 Å². The van der Waals surface area contributed by atoms with Gasteiger partial charge < -0.3 is 14.0 Å². The SMILES string of the molecule is COc1ccc([C@H]2C(C(=O)OC(C)C)=C(C)N=c3s/c(=C/c4cc(C)n(-c5ccc(C)c(C)c5)c4C)c(=O)n32)cc1. The molecular formula is C33H35N3O4S. The van der Waals surface area contributed by atoms with Crippen LogP contribution < -0.4 is 19.6 Å². The van der Waals surface area contributed by atoms with Gasteiger partial charge in [-0.2, -0.15) is 0 Å². The van der Waals surface area contributed by atoms with E-state index in [1.807, 2.05) is 30.3 Å². The van der Waals surface area contributed by atoms with Crippen molar-refractivity contribution in [1.29, 1.82) is 0 Å². The average molecular weight is 570 g/mol. The first-order valence-corrected chi connectivity index (χ1v) is 14.5. The maximum absolute atomic E-state index is 14.1. The molecule has 212 valence electrons. The number of esters is 1. The summed E-state index contributed by atoms with van der Waals surface area (Å²) in [5.41, 5.74) is 8.12. The van der Waals surface area contributed by atoms with Gasteiger partial charge >= 0.3 is 5.97 Å². The number of nitrogens with zero attached hydrogens (tertiary/aromatic N) is 3. The number of allylic oxidation sites excluding steroid dienone is 1. The fourth-order valence-corrected chi connectivity index (χ4v) is 6.34. The standard InChI is InChI=1S/C33H35N3O4S/c1-18(2)40-32(38)29-22(6)34-33-36(30(29)24-10-13-27(39-8)14-11-24)31(37)28(41-33)17-25-16-21(5)35(23(25)7)26-12-9-19(3)20(4)15-26/h9-18,30H,1-8H3/b28-17+/t30-/m0/s1. The topological polar surface area (TPSA) is 74.8 Å². The summed E-state index contributed by atoms with van der Waals surface area (Å²) in [6.07, 6.45) is 1.62. The fraction of sp³-hybridized carbons (Fsp3) is 0.303. The Morgan fingerprint density at radius 2 is 1.71 bits per heavy atom. The molecule has 1 atom stereocenters. The van der Waals surface area contributed by atoms with Gasteiger partial charge in [0.1, 0.15) is 5.75 Å². The first-order valence-electron chi connectivity index (χ1n) is 13.6. The predicted molar refractivity (Wildman–Crippen MR) is 163 cm³/mol. The molecular weight excluding hydrogens is 534 g/mol. The molecule has 0 bridgehead atoms. The van der Waals surface area contributed by atoms with Crippen LogP contribution in [0.3, 0.4) is 0 Å². The van der Waals surface area contributed by atoms with Crippen molar-refractivity contribution in [2.45, 2.75) is 60.6 Å². The van der Waals surface area contributed by atoms with E-state index in [9.17, 15) is 9.59 Å². The molecule has 2 aromatic carbocycles. The number of thiazole rings is 1. The van der Waals surface area contributed by atoms with Crippen molar-refractivity contribution in [2.75, 3.05) is 7.11 Å². The molecule has 0 amide bonds. The van der Waals surface area contributed by atoms with Gasteiger partial charge in [-0.25, -0.2) is 9.79 Å². The van der Waals surface area contributed by atoms with Gasteiger partial charge in [-0.05, 0) is 107 Å². The first-order chi connectivity index (χ1) is 19.5. The second-order valence-corrected chi connectivity index (χ2v) is 11.7. The van der Waals surface area contributed by atoms with Crippen LogP contribution in [0.4, 0.5) is 0 Å². The van der Waals surface area contributed by atoms with Crippen LogP contribution in [-0.2, 0) is 9.53 Å². The molecule has 0 fully saturated rings. The smallest absolute Gasteiger partial charge is 0.338 e. The van der Waals surface area contributed by atoms with Crippen LogP contribution in [0.25, 0.3) is 11.8 Å². The summed E-state index contributed by atoms with van der Waals surface area (Å²) < 4.78 is 15.3. The third kappa shape index (κ3) is 5.20. The normalized spacial score (nSPS) is 15.2. The maximum atomic E-state index is 14.1. The predicted octanol–water partition coefficient (Wildman–Crippen LogP) is 5.22. The Kier molecular flexibility index (Phi) is 7.62. The molecule has 4 aromatic rings. The van der Waals surface area contributed by atoms with Crippen LogP contribution in [0.5, 0.6) is 5.75 Å². The van der Waals surface area contributed by atoms with E-state index < -0.39 is 12.0 Å². The minimum absolute atomic E-state index is 0.201. The van der Waals surface area contributed by atoms with E-state index in [1.165, 1.54) is 22.5 Å². The lowest BCUT2D eigenvalue weighted by molar-refractivity contribution is -0.143. The van der Waals surface area contributed by atoms with E-state index in [4.69, 9.17) is 14.5 Å². The fourth-order valence-electron chi connectivity index (χ4n) is 5.30. The molecule has 0 N–H and O–H groups in total. The number of carbonyl (C=O) groups excluding carboxylic acids is 1. The van der Waals surface area contributed by atoms with Crippen LogP contribution >= 0.6 is 11.3 Å². The van der Waals surface area contributed by atoms with Crippen molar-refractivity contribution < 1.29 is 14.3 Å². The number of rotatable bonds is 6. The van der Waals surface area contributed by atoms with Crippen molar-refractivity contribution >= 4 is 23.4 Å². The summed E-state index contributed by atoms with van der Waals surface area (Å²) in [6.45, 7) is 13.8. The highest BCUT2D eigenvalue weighted by molar-refractivity contribution is 7.07. The average Bonchev–Trinajstić information content (AvgIpc) is 3.38. The monoisotopic (exact) mass is 569 g/mol.